The molecule has 0 aliphatic carbocycles. The predicted octanol–water partition coefficient (Wildman–Crippen LogP) is 20.9. The van der Waals surface area contributed by atoms with Crippen molar-refractivity contribution in [3.05, 3.63) is 12.2 Å². The Labute approximate surface area is 431 Å². The topological polar surface area (TPSA) is 78.9 Å². The first-order valence-electron chi connectivity index (χ1n) is 31.2. The molecule has 0 aromatic carbocycles. The van der Waals surface area contributed by atoms with Crippen molar-refractivity contribution >= 4 is 17.9 Å². The number of hydrogen-bond acceptors (Lipinski definition) is 6. The highest BCUT2D eigenvalue weighted by atomic mass is 16.6. The van der Waals surface area contributed by atoms with Crippen LogP contribution in [-0.4, -0.2) is 37.2 Å². The first kappa shape index (κ1) is 67.1. The summed E-state index contributed by atoms with van der Waals surface area (Å²) in [6.07, 6.45) is 67.8. The van der Waals surface area contributed by atoms with Crippen LogP contribution in [0.5, 0.6) is 0 Å². The SMILES string of the molecule is CCCCCCCC/C=C\CCCCCCCCCC(=O)OC(COC(=O)CCCCCCCCCCCCCCCCCCC)COC(=O)CCCCCCCCCCCCCCCCCCC. The fourth-order valence-corrected chi connectivity index (χ4v) is 9.56. The van der Waals surface area contributed by atoms with Crippen LogP contribution in [0.25, 0.3) is 0 Å². The van der Waals surface area contributed by atoms with Crippen molar-refractivity contribution in [3.8, 4) is 0 Å². The zero-order chi connectivity index (χ0) is 50.0. The van der Waals surface area contributed by atoms with Crippen molar-refractivity contribution in [2.75, 3.05) is 13.2 Å². The van der Waals surface area contributed by atoms with E-state index in [4.69, 9.17) is 14.2 Å². The van der Waals surface area contributed by atoms with Crippen LogP contribution in [0.2, 0.25) is 0 Å². The first-order chi connectivity index (χ1) is 34.0. The van der Waals surface area contributed by atoms with E-state index in [1.165, 1.54) is 257 Å². The van der Waals surface area contributed by atoms with Gasteiger partial charge in [0.2, 0.25) is 0 Å². The Bertz CT molecular complexity index is 1020. The average molecular weight is 974 g/mol. The Morgan fingerprint density at radius 1 is 0.275 bits per heavy atom. The molecule has 0 amide bonds. The third-order valence-electron chi connectivity index (χ3n) is 14.3. The minimum atomic E-state index is -0.767. The van der Waals surface area contributed by atoms with Crippen molar-refractivity contribution in [1.29, 1.82) is 0 Å². The van der Waals surface area contributed by atoms with Gasteiger partial charge in [-0.15, -0.1) is 0 Å². The summed E-state index contributed by atoms with van der Waals surface area (Å²) in [5.41, 5.74) is 0. The summed E-state index contributed by atoms with van der Waals surface area (Å²) in [7, 11) is 0. The number of hydrogen-bond donors (Lipinski definition) is 0. The van der Waals surface area contributed by atoms with Gasteiger partial charge >= 0.3 is 17.9 Å². The van der Waals surface area contributed by atoms with Gasteiger partial charge in [-0.05, 0) is 44.9 Å². The Morgan fingerprint density at radius 2 is 0.478 bits per heavy atom. The van der Waals surface area contributed by atoms with Gasteiger partial charge in [0.1, 0.15) is 13.2 Å². The Kier molecular flexibility index (Phi) is 57.1. The van der Waals surface area contributed by atoms with E-state index in [-0.39, 0.29) is 31.1 Å². The number of allylic oxidation sites excluding steroid dienone is 2. The van der Waals surface area contributed by atoms with Gasteiger partial charge in [0.05, 0.1) is 0 Å². The lowest BCUT2D eigenvalue weighted by Gasteiger charge is -2.18. The summed E-state index contributed by atoms with van der Waals surface area (Å²) >= 11 is 0. The molecule has 0 N–H and O–H groups in total. The lowest BCUT2D eigenvalue weighted by molar-refractivity contribution is -0.167. The highest BCUT2D eigenvalue weighted by molar-refractivity contribution is 5.71. The molecule has 0 aromatic rings. The van der Waals surface area contributed by atoms with Gasteiger partial charge in [-0.25, -0.2) is 0 Å². The number of rotatable bonds is 58. The Hall–Kier alpha value is -1.85. The maximum atomic E-state index is 12.9. The smallest absolute Gasteiger partial charge is 0.306 e. The minimum absolute atomic E-state index is 0.0653. The van der Waals surface area contributed by atoms with E-state index >= 15 is 0 Å². The molecule has 0 rings (SSSR count). The zero-order valence-corrected chi connectivity index (χ0v) is 46.9. The van der Waals surface area contributed by atoms with Crippen LogP contribution in [0.4, 0.5) is 0 Å². The van der Waals surface area contributed by atoms with Crippen LogP contribution in [0.3, 0.4) is 0 Å². The van der Waals surface area contributed by atoms with Gasteiger partial charge in [-0.2, -0.15) is 0 Å². The lowest BCUT2D eigenvalue weighted by atomic mass is 10.0. The van der Waals surface area contributed by atoms with Crippen molar-refractivity contribution in [2.24, 2.45) is 0 Å². The summed E-state index contributed by atoms with van der Waals surface area (Å²) in [6, 6.07) is 0. The number of carbonyl (C=O) groups excluding carboxylic acids is 3. The quantitative estimate of drug-likeness (QED) is 0.0261. The second-order valence-electron chi connectivity index (χ2n) is 21.3. The molecule has 0 heterocycles. The molecule has 6 nitrogen and oxygen atoms in total. The molecule has 69 heavy (non-hydrogen) atoms. The number of carbonyl (C=O) groups is 3. The molecule has 0 bridgehead atoms. The van der Waals surface area contributed by atoms with Gasteiger partial charge in [0.15, 0.2) is 6.10 Å². The van der Waals surface area contributed by atoms with Gasteiger partial charge in [-0.3, -0.25) is 14.4 Å². The summed E-state index contributed by atoms with van der Waals surface area (Å²) < 4.78 is 16.9. The fraction of sp³-hybridized carbons (Fsp3) is 0.921. The second-order valence-corrected chi connectivity index (χ2v) is 21.3. The van der Waals surface area contributed by atoms with Gasteiger partial charge < -0.3 is 14.2 Å². The Morgan fingerprint density at radius 3 is 0.725 bits per heavy atom. The van der Waals surface area contributed by atoms with Gasteiger partial charge in [0.25, 0.3) is 0 Å². The van der Waals surface area contributed by atoms with E-state index in [1.807, 2.05) is 0 Å². The highest BCUT2D eigenvalue weighted by Crippen LogP contribution is 2.18. The molecule has 408 valence electrons. The van der Waals surface area contributed by atoms with Crippen molar-refractivity contribution in [3.63, 3.8) is 0 Å². The number of ether oxygens (including phenoxy) is 3. The maximum Gasteiger partial charge on any atom is 0.306 e. The van der Waals surface area contributed by atoms with E-state index < -0.39 is 6.10 Å². The normalized spacial score (nSPS) is 11.6. The summed E-state index contributed by atoms with van der Waals surface area (Å²) in [6.45, 7) is 6.71. The van der Waals surface area contributed by atoms with Gasteiger partial charge in [-0.1, -0.05) is 303 Å². The predicted molar refractivity (Wildman–Crippen MR) is 298 cm³/mol. The van der Waals surface area contributed by atoms with Crippen LogP contribution < -0.4 is 0 Å². The van der Waals surface area contributed by atoms with Crippen LogP contribution in [0.15, 0.2) is 12.2 Å². The van der Waals surface area contributed by atoms with E-state index in [1.54, 1.807) is 0 Å². The van der Waals surface area contributed by atoms with E-state index in [9.17, 15) is 14.4 Å². The second kappa shape index (κ2) is 58.7. The molecule has 0 saturated heterocycles. The molecule has 0 saturated carbocycles. The molecule has 0 aliphatic heterocycles. The molecule has 6 heteroatoms. The van der Waals surface area contributed by atoms with E-state index in [2.05, 4.69) is 32.9 Å². The third kappa shape index (κ3) is 56.9. The molecule has 0 fully saturated rings. The van der Waals surface area contributed by atoms with Crippen LogP contribution >= 0.6 is 0 Å². The molecule has 0 spiro atoms. The fourth-order valence-electron chi connectivity index (χ4n) is 9.56. The monoisotopic (exact) mass is 973 g/mol. The summed E-state index contributed by atoms with van der Waals surface area (Å²) in [4.78, 5) is 38.3. The van der Waals surface area contributed by atoms with Crippen LogP contribution in [0.1, 0.15) is 355 Å². The van der Waals surface area contributed by atoms with Crippen LogP contribution in [0, 0.1) is 0 Å². The maximum absolute atomic E-state index is 12.9. The molecule has 0 radical (unpaired) electrons. The lowest BCUT2D eigenvalue weighted by Crippen LogP contribution is -2.30. The average Bonchev–Trinajstić information content (AvgIpc) is 3.35. The molecule has 0 aromatic heterocycles. The number of unbranched alkanes of at least 4 members (excludes halogenated alkanes) is 45. The van der Waals surface area contributed by atoms with Gasteiger partial charge in [0, 0.05) is 19.3 Å². The molecule has 0 atom stereocenters. The molecular weight excluding hydrogens is 853 g/mol. The van der Waals surface area contributed by atoms with Crippen LogP contribution in [-0.2, 0) is 28.6 Å². The first-order valence-corrected chi connectivity index (χ1v) is 31.2. The molecule has 0 aliphatic rings. The standard InChI is InChI=1S/C63H120O6/c1-4-7-10-13-16-19-22-25-28-31-34-37-40-43-46-49-52-55-61(64)67-58-60(69-63(66)57-54-51-48-45-42-39-36-33-30-27-24-21-18-15-12-9-6-3)59-68-62(65)56-53-50-47-44-41-38-35-32-29-26-23-20-17-14-11-8-5-2/h27,30,60H,4-26,28-29,31-59H2,1-3H3/b30-27-. The van der Waals surface area contributed by atoms with Crippen molar-refractivity contribution in [1.82, 2.24) is 0 Å². The molecular formula is C63H120O6. The third-order valence-corrected chi connectivity index (χ3v) is 14.3. The number of esters is 3. The van der Waals surface area contributed by atoms with Crippen molar-refractivity contribution < 1.29 is 28.6 Å². The largest absolute Gasteiger partial charge is 0.462 e. The molecule has 0 unspecified atom stereocenters. The summed E-state index contributed by atoms with van der Waals surface area (Å²) in [5, 5.41) is 0. The minimum Gasteiger partial charge on any atom is -0.462 e. The summed E-state index contributed by atoms with van der Waals surface area (Å²) in [5.74, 6) is -0.840. The zero-order valence-electron chi connectivity index (χ0n) is 46.9. The van der Waals surface area contributed by atoms with E-state index in [0.29, 0.717) is 19.3 Å². The Balaban J connectivity index is 4.31. The highest BCUT2D eigenvalue weighted by Gasteiger charge is 2.19. The van der Waals surface area contributed by atoms with Crippen molar-refractivity contribution in [2.45, 2.75) is 361 Å². The van der Waals surface area contributed by atoms with E-state index in [0.717, 1.165) is 57.8 Å².